The monoisotopic (exact) mass is 356 g/mol. The lowest BCUT2D eigenvalue weighted by Crippen LogP contribution is -2.47. The van der Waals surface area contributed by atoms with E-state index in [1.165, 1.54) is 0 Å². The zero-order valence-corrected chi connectivity index (χ0v) is 15.3. The molecule has 140 valence electrons. The number of para-hydroxylation sites is 1. The second kappa shape index (κ2) is 7.29. The summed E-state index contributed by atoms with van der Waals surface area (Å²) in [6.45, 7) is 0.608. The Kier molecular flexibility index (Phi) is 4.88. The molecule has 2 N–H and O–H groups in total. The number of amides is 2. The third-order valence-electron chi connectivity index (χ3n) is 6.00. The van der Waals surface area contributed by atoms with Crippen LogP contribution in [0.2, 0.25) is 0 Å². The molecule has 2 saturated carbocycles. The minimum Gasteiger partial charge on any atom is -0.493 e. The first-order chi connectivity index (χ1) is 12.7. The molecule has 5 heteroatoms. The first-order valence-electron chi connectivity index (χ1n) is 9.98. The largest absolute Gasteiger partial charge is 0.493 e. The molecule has 0 radical (unpaired) electrons. The molecule has 1 aromatic carbocycles. The van der Waals surface area contributed by atoms with Gasteiger partial charge in [-0.1, -0.05) is 37.5 Å². The topological polar surface area (TPSA) is 67.4 Å². The molecule has 1 atom stereocenters. The van der Waals surface area contributed by atoms with E-state index in [4.69, 9.17) is 4.74 Å². The quantitative estimate of drug-likeness (QED) is 0.851. The minimum atomic E-state index is -0.551. The molecule has 2 aliphatic carbocycles. The van der Waals surface area contributed by atoms with Crippen molar-refractivity contribution in [2.45, 2.75) is 69.9 Å². The van der Waals surface area contributed by atoms with Crippen molar-refractivity contribution in [1.82, 2.24) is 10.6 Å². The summed E-state index contributed by atoms with van der Waals surface area (Å²) in [6, 6.07) is 8.21. The molecule has 1 aromatic rings. The Hall–Kier alpha value is -2.04. The fourth-order valence-corrected chi connectivity index (χ4v) is 4.33. The molecule has 4 rings (SSSR count). The Bertz CT molecular complexity index is 678. The molecular weight excluding hydrogens is 328 g/mol. The van der Waals surface area contributed by atoms with Gasteiger partial charge in [0.05, 0.1) is 18.1 Å². The fraction of sp³-hybridized carbons (Fsp3) is 0.619. The normalized spacial score (nSPS) is 24.1. The summed E-state index contributed by atoms with van der Waals surface area (Å²) in [5, 5.41) is 6.32. The molecule has 3 aliphatic rings. The maximum atomic E-state index is 13.3. The van der Waals surface area contributed by atoms with Gasteiger partial charge in [-0.3, -0.25) is 9.59 Å². The summed E-state index contributed by atoms with van der Waals surface area (Å²) in [5.41, 5.74) is 0.491. The van der Waals surface area contributed by atoms with Gasteiger partial charge in [0.1, 0.15) is 5.75 Å². The molecule has 0 bridgehead atoms. The van der Waals surface area contributed by atoms with E-state index in [1.54, 1.807) is 0 Å². The van der Waals surface area contributed by atoms with Crippen LogP contribution in [0.25, 0.3) is 0 Å². The maximum Gasteiger partial charge on any atom is 0.227 e. The fourth-order valence-electron chi connectivity index (χ4n) is 4.33. The van der Waals surface area contributed by atoms with E-state index in [-0.39, 0.29) is 17.9 Å². The number of ether oxygens (including phenoxy) is 1. The van der Waals surface area contributed by atoms with E-state index in [0.717, 1.165) is 62.7 Å². The molecule has 1 heterocycles. The van der Waals surface area contributed by atoms with Crippen LogP contribution in [-0.2, 0) is 9.59 Å². The zero-order valence-electron chi connectivity index (χ0n) is 15.3. The van der Waals surface area contributed by atoms with Crippen LogP contribution in [0, 0.1) is 5.41 Å². The van der Waals surface area contributed by atoms with Gasteiger partial charge in [0.15, 0.2) is 0 Å². The lowest BCUT2D eigenvalue weighted by Gasteiger charge is -2.37. The van der Waals surface area contributed by atoms with Crippen molar-refractivity contribution < 1.29 is 14.3 Å². The van der Waals surface area contributed by atoms with E-state index in [9.17, 15) is 9.59 Å². The average Bonchev–Trinajstić information content (AvgIpc) is 3.46. The minimum absolute atomic E-state index is 0.0299. The van der Waals surface area contributed by atoms with Crippen molar-refractivity contribution in [3.05, 3.63) is 29.8 Å². The number of carbonyl (C=O) groups excluding carboxylic acids is 2. The van der Waals surface area contributed by atoms with Crippen LogP contribution in [-0.4, -0.2) is 24.5 Å². The van der Waals surface area contributed by atoms with Crippen LogP contribution in [0.4, 0.5) is 0 Å². The summed E-state index contributed by atoms with van der Waals surface area (Å²) in [7, 11) is 0. The second-order valence-electron chi connectivity index (χ2n) is 8.06. The van der Waals surface area contributed by atoms with Crippen molar-refractivity contribution in [3.63, 3.8) is 0 Å². The highest BCUT2D eigenvalue weighted by Gasteiger charge is 2.43. The molecule has 5 nitrogen and oxygen atoms in total. The Morgan fingerprint density at radius 2 is 1.81 bits per heavy atom. The third-order valence-corrected chi connectivity index (χ3v) is 6.00. The lowest BCUT2D eigenvalue weighted by molar-refractivity contribution is -0.139. The third kappa shape index (κ3) is 3.71. The molecule has 0 spiro atoms. The molecule has 1 aliphatic heterocycles. The summed E-state index contributed by atoms with van der Waals surface area (Å²) >= 11 is 0. The molecule has 0 saturated heterocycles. The number of hydrogen-bond acceptors (Lipinski definition) is 3. The van der Waals surface area contributed by atoms with Crippen LogP contribution in [0.3, 0.4) is 0 Å². The van der Waals surface area contributed by atoms with Crippen LogP contribution < -0.4 is 15.4 Å². The predicted octanol–water partition coefficient (Wildman–Crippen LogP) is 3.25. The first-order valence-corrected chi connectivity index (χ1v) is 9.98. The van der Waals surface area contributed by atoms with Crippen molar-refractivity contribution in [1.29, 1.82) is 0 Å². The van der Waals surface area contributed by atoms with Crippen LogP contribution in [0.5, 0.6) is 5.75 Å². The van der Waals surface area contributed by atoms with Crippen LogP contribution >= 0.6 is 0 Å². The van der Waals surface area contributed by atoms with E-state index in [0.29, 0.717) is 19.1 Å². The smallest absolute Gasteiger partial charge is 0.227 e. The van der Waals surface area contributed by atoms with Gasteiger partial charge in [-0.05, 0) is 31.7 Å². The Balaban J connectivity index is 1.48. The van der Waals surface area contributed by atoms with E-state index in [2.05, 4.69) is 10.6 Å². The summed E-state index contributed by atoms with van der Waals surface area (Å²) in [5.74, 6) is 0.940. The van der Waals surface area contributed by atoms with Crippen molar-refractivity contribution in [2.75, 3.05) is 6.61 Å². The number of carbonyl (C=O) groups is 2. The molecule has 0 unspecified atom stereocenters. The molecule has 2 amide bonds. The van der Waals surface area contributed by atoms with Gasteiger partial charge in [-0.25, -0.2) is 0 Å². The van der Waals surface area contributed by atoms with Crippen LogP contribution in [0.1, 0.15) is 69.4 Å². The van der Waals surface area contributed by atoms with Gasteiger partial charge < -0.3 is 15.4 Å². The highest BCUT2D eigenvalue weighted by Crippen LogP contribution is 2.41. The van der Waals surface area contributed by atoms with E-state index >= 15 is 0 Å². The highest BCUT2D eigenvalue weighted by molar-refractivity contribution is 5.89. The maximum absolute atomic E-state index is 13.3. The summed E-state index contributed by atoms with van der Waals surface area (Å²) in [4.78, 5) is 25.8. The Labute approximate surface area is 154 Å². The number of benzene rings is 1. The number of nitrogens with one attached hydrogen (secondary N) is 2. The van der Waals surface area contributed by atoms with E-state index < -0.39 is 5.41 Å². The predicted molar refractivity (Wildman–Crippen MR) is 98.7 cm³/mol. The molecule has 0 aromatic heterocycles. The molecular formula is C21H28N2O3. The van der Waals surface area contributed by atoms with Crippen molar-refractivity contribution >= 4 is 11.8 Å². The van der Waals surface area contributed by atoms with Gasteiger partial charge >= 0.3 is 0 Å². The standard InChI is InChI=1S/C21H28N2O3/c24-19(22-15-8-9-15)14-21(11-4-1-5-12-21)20(25)23-17-10-13-26-18-7-3-2-6-16(17)18/h2-3,6-7,15,17H,1,4-5,8-14H2,(H,22,24)(H,23,25)/t17-/m0/s1. The zero-order chi connectivity index (χ0) is 18.0. The number of hydrogen-bond donors (Lipinski definition) is 2. The highest BCUT2D eigenvalue weighted by atomic mass is 16.5. The van der Waals surface area contributed by atoms with Gasteiger partial charge in [0.2, 0.25) is 11.8 Å². The molecule has 2 fully saturated rings. The van der Waals surface area contributed by atoms with Gasteiger partial charge in [0, 0.05) is 24.4 Å². The molecule has 26 heavy (non-hydrogen) atoms. The Morgan fingerprint density at radius 3 is 2.58 bits per heavy atom. The SMILES string of the molecule is O=C(CC1(C(=O)N[C@H]2CCOc3ccccc32)CCCCC1)NC1CC1. The number of rotatable bonds is 5. The summed E-state index contributed by atoms with van der Waals surface area (Å²) in [6.07, 6.45) is 8.05. The number of fused-ring (bicyclic) bond motifs is 1. The van der Waals surface area contributed by atoms with Gasteiger partial charge in [-0.2, -0.15) is 0 Å². The van der Waals surface area contributed by atoms with Gasteiger partial charge in [0.25, 0.3) is 0 Å². The Morgan fingerprint density at radius 1 is 1.04 bits per heavy atom. The summed E-state index contributed by atoms with van der Waals surface area (Å²) < 4.78 is 5.71. The second-order valence-corrected chi connectivity index (χ2v) is 8.06. The van der Waals surface area contributed by atoms with Crippen molar-refractivity contribution in [2.24, 2.45) is 5.41 Å². The van der Waals surface area contributed by atoms with Crippen LogP contribution in [0.15, 0.2) is 24.3 Å². The van der Waals surface area contributed by atoms with Crippen molar-refractivity contribution in [3.8, 4) is 5.75 Å². The lowest BCUT2D eigenvalue weighted by atomic mass is 9.70. The first kappa shape index (κ1) is 17.4. The average molecular weight is 356 g/mol. The van der Waals surface area contributed by atoms with E-state index in [1.807, 2.05) is 24.3 Å². The van der Waals surface area contributed by atoms with Gasteiger partial charge in [-0.15, -0.1) is 0 Å².